The average molecular weight is 325 g/mol. The second-order valence-corrected chi connectivity index (χ2v) is 7.83. The van der Waals surface area contributed by atoms with Gasteiger partial charge in [-0.05, 0) is 32.9 Å². The Kier molecular flexibility index (Phi) is 5.19. The Bertz CT molecular complexity index is 574. The van der Waals surface area contributed by atoms with Gasteiger partial charge in [0.15, 0.2) is 0 Å². The Hall–Kier alpha value is -1.17. The van der Waals surface area contributed by atoms with Crippen molar-refractivity contribution in [3.8, 4) is 0 Å². The van der Waals surface area contributed by atoms with Crippen LogP contribution in [-0.4, -0.2) is 22.6 Å². The molecule has 0 saturated carbocycles. The van der Waals surface area contributed by atoms with E-state index in [4.69, 9.17) is 11.6 Å². The van der Waals surface area contributed by atoms with Gasteiger partial charge < -0.3 is 10.2 Å². The first-order valence-corrected chi connectivity index (χ1v) is 8.04. The van der Waals surface area contributed by atoms with Crippen LogP contribution in [0.4, 0.5) is 5.82 Å². The molecule has 21 heavy (non-hydrogen) atoms. The van der Waals surface area contributed by atoms with Crippen LogP contribution in [0.2, 0.25) is 4.34 Å². The predicted molar refractivity (Wildman–Crippen MR) is 90.1 cm³/mol. The van der Waals surface area contributed by atoms with Crippen molar-refractivity contribution in [2.24, 2.45) is 0 Å². The lowest BCUT2D eigenvalue weighted by molar-refractivity contribution is 0.421. The molecule has 2 heterocycles. The third-order valence-electron chi connectivity index (χ3n) is 2.90. The number of nitrogens with one attached hydrogen (secondary N) is 1. The number of thiophene rings is 1. The summed E-state index contributed by atoms with van der Waals surface area (Å²) in [6.45, 7) is 7.91. The molecule has 0 fully saturated rings. The molecule has 4 nitrogen and oxygen atoms in total. The fourth-order valence-electron chi connectivity index (χ4n) is 1.74. The lowest BCUT2D eigenvalue weighted by atomic mass is 10.1. The SMILES string of the molecule is CN(Cc1ccc(Cl)s1)c1cnc(CNC(C)(C)C)cn1. The highest BCUT2D eigenvalue weighted by molar-refractivity contribution is 7.16. The van der Waals surface area contributed by atoms with E-state index in [9.17, 15) is 0 Å². The molecule has 0 aliphatic carbocycles. The second-order valence-electron chi connectivity index (χ2n) is 6.03. The Morgan fingerprint density at radius 2 is 2.00 bits per heavy atom. The molecule has 0 amide bonds. The summed E-state index contributed by atoms with van der Waals surface area (Å²) in [5, 5.41) is 3.40. The van der Waals surface area contributed by atoms with Gasteiger partial charge >= 0.3 is 0 Å². The summed E-state index contributed by atoms with van der Waals surface area (Å²) in [5.41, 5.74) is 1.02. The molecule has 0 atom stereocenters. The quantitative estimate of drug-likeness (QED) is 0.910. The number of anilines is 1. The maximum atomic E-state index is 5.95. The van der Waals surface area contributed by atoms with E-state index in [1.54, 1.807) is 11.3 Å². The van der Waals surface area contributed by atoms with Gasteiger partial charge in [-0.15, -0.1) is 11.3 Å². The lowest BCUT2D eigenvalue weighted by Crippen LogP contribution is -2.35. The molecule has 1 N–H and O–H groups in total. The van der Waals surface area contributed by atoms with Crippen LogP contribution in [-0.2, 0) is 13.1 Å². The summed E-state index contributed by atoms with van der Waals surface area (Å²) in [5.74, 6) is 0.860. The Morgan fingerprint density at radius 3 is 2.52 bits per heavy atom. The molecule has 0 radical (unpaired) electrons. The van der Waals surface area contributed by atoms with Crippen LogP contribution in [0.25, 0.3) is 0 Å². The fourth-order valence-corrected chi connectivity index (χ4v) is 2.88. The van der Waals surface area contributed by atoms with Crippen molar-refractivity contribution < 1.29 is 0 Å². The smallest absolute Gasteiger partial charge is 0.147 e. The molecule has 2 aromatic rings. The van der Waals surface area contributed by atoms with Crippen LogP contribution < -0.4 is 10.2 Å². The lowest BCUT2D eigenvalue weighted by Gasteiger charge is -2.20. The third kappa shape index (κ3) is 5.26. The molecular formula is C15H21ClN4S. The van der Waals surface area contributed by atoms with Gasteiger partial charge in [-0.2, -0.15) is 0 Å². The zero-order valence-electron chi connectivity index (χ0n) is 12.9. The number of aromatic nitrogens is 2. The van der Waals surface area contributed by atoms with E-state index in [0.717, 1.165) is 28.9 Å². The van der Waals surface area contributed by atoms with Crippen LogP contribution in [0, 0.1) is 0 Å². The zero-order valence-corrected chi connectivity index (χ0v) is 14.4. The second kappa shape index (κ2) is 6.73. The van der Waals surface area contributed by atoms with Gasteiger partial charge in [0.2, 0.25) is 0 Å². The van der Waals surface area contributed by atoms with Crippen LogP contribution >= 0.6 is 22.9 Å². The molecule has 114 valence electrons. The highest BCUT2D eigenvalue weighted by Crippen LogP contribution is 2.23. The minimum absolute atomic E-state index is 0.0790. The number of hydrogen-bond donors (Lipinski definition) is 1. The van der Waals surface area contributed by atoms with Gasteiger partial charge in [-0.3, -0.25) is 4.98 Å². The van der Waals surface area contributed by atoms with E-state index < -0.39 is 0 Å². The maximum absolute atomic E-state index is 5.95. The van der Waals surface area contributed by atoms with Gasteiger partial charge in [-0.25, -0.2) is 4.98 Å². The molecule has 2 aromatic heterocycles. The van der Waals surface area contributed by atoms with Crippen LogP contribution in [0.1, 0.15) is 31.3 Å². The van der Waals surface area contributed by atoms with Crippen molar-refractivity contribution in [2.75, 3.05) is 11.9 Å². The summed E-state index contributed by atoms with van der Waals surface area (Å²) in [6, 6.07) is 3.96. The van der Waals surface area contributed by atoms with E-state index >= 15 is 0 Å². The van der Waals surface area contributed by atoms with Crippen molar-refractivity contribution in [1.82, 2.24) is 15.3 Å². The molecule has 0 saturated heterocycles. The molecule has 0 spiro atoms. The van der Waals surface area contributed by atoms with E-state index in [-0.39, 0.29) is 5.54 Å². The number of hydrogen-bond acceptors (Lipinski definition) is 5. The van der Waals surface area contributed by atoms with Crippen molar-refractivity contribution >= 4 is 28.8 Å². The van der Waals surface area contributed by atoms with Gasteiger partial charge in [-0.1, -0.05) is 11.6 Å². The van der Waals surface area contributed by atoms with E-state index in [2.05, 4.69) is 41.0 Å². The summed E-state index contributed by atoms with van der Waals surface area (Å²) >= 11 is 7.54. The van der Waals surface area contributed by atoms with E-state index in [1.807, 2.05) is 31.6 Å². The minimum Gasteiger partial charge on any atom is -0.353 e. The average Bonchev–Trinajstić information content (AvgIpc) is 2.81. The van der Waals surface area contributed by atoms with Crippen LogP contribution in [0.5, 0.6) is 0 Å². The summed E-state index contributed by atoms with van der Waals surface area (Å²) in [7, 11) is 2.00. The Balaban J connectivity index is 1.94. The summed E-state index contributed by atoms with van der Waals surface area (Å²) < 4.78 is 0.813. The standard InChI is InChI=1S/C15H21ClN4S/c1-15(2,3)19-8-11-7-18-14(9-17-11)20(4)10-12-5-6-13(16)21-12/h5-7,9,19H,8,10H2,1-4H3. The number of rotatable bonds is 5. The first-order chi connectivity index (χ1) is 9.83. The molecule has 6 heteroatoms. The van der Waals surface area contributed by atoms with E-state index in [1.165, 1.54) is 4.88 Å². The first kappa shape index (κ1) is 16.2. The Labute approximate surface area is 135 Å². The summed E-state index contributed by atoms with van der Waals surface area (Å²) in [6.07, 6.45) is 3.64. The van der Waals surface area contributed by atoms with Crippen molar-refractivity contribution in [3.63, 3.8) is 0 Å². The highest BCUT2D eigenvalue weighted by Gasteiger charge is 2.10. The molecule has 0 unspecified atom stereocenters. The zero-order chi connectivity index (χ0) is 15.5. The Morgan fingerprint density at radius 1 is 1.24 bits per heavy atom. The largest absolute Gasteiger partial charge is 0.353 e. The maximum Gasteiger partial charge on any atom is 0.147 e. The number of nitrogens with zero attached hydrogens (tertiary/aromatic N) is 3. The monoisotopic (exact) mass is 324 g/mol. The van der Waals surface area contributed by atoms with Crippen molar-refractivity contribution in [1.29, 1.82) is 0 Å². The molecule has 0 bridgehead atoms. The molecular weight excluding hydrogens is 304 g/mol. The molecule has 0 aliphatic heterocycles. The van der Waals surface area contributed by atoms with Gasteiger partial charge in [0, 0.05) is 24.0 Å². The fraction of sp³-hybridized carbons (Fsp3) is 0.467. The third-order valence-corrected chi connectivity index (χ3v) is 4.12. The molecule has 2 rings (SSSR count). The predicted octanol–water partition coefficient (Wildman–Crippen LogP) is 3.72. The highest BCUT2D eigenvalue weighted by atomic mass is 35.5. The van der Waals surface area contributed by atoms with Crippen molar-refractivity contribution in [2.45, 2.75) is 39.4 Å². The topological polar surface area (TPSA) is 41.1 Å². The van der Waals surface area contributed by atoms with Gasteiger partial charge in [0.05, 0.1) is 29.0 Å². The van der Waals surface area contributed by atoms with Crippen LogP contribution in [0.15, 0.2) is 24.5 Å². The molecule has 0 aromatic carbocycles. The summed E-state index contributed by atoms with van der Waals surface area (Å²) in [4.78, 5) is 12.2. The van der Waals surface area contributed by atoms with Gasteiger partial charge in [0.25, 0.3) is 0 Å². The van der Waals surface area contributed by atoms with Crippen LogP contribution in [0.3, 0.4) is 0 Å². The van der Waals surface area contributed by atoms with Crippen molar-refractivity contribution in [3.05, 3.63) is 39.4 Å². The van der Waals surface area contributed by atoms with Gasteiger partial charge in [0.1, 0.15) is 5.82 Å². The number of halogens is 1. The normalized spacial score (nSPS) is 11.7. The first-order valence-electron chi connectivity index (χ1n) is 6.85. The van der Waals surface area contributed by atoms with E-state index in [0.29, 0.717) is 0 Å². The molecule has 0 aliphatic rings. The minimum atomic E-state index is 0.0790.